The molecular weight excluding hydrogens is 238 g/mol. The fourth-order valence-corrected chi connectivity index (χ4v) is 2.12. The highest BCUT2D eigenvalue weighted by atomic mass is 16.5. The van der Waals surface area contributed by atoms with Gasteiger partial charge in [-0.3, -0.25) is 4.57 Å². The number of aromatic nitrogens is 2. The summed E-state index contributed by atoms with van der Waals surface area (Å²) in [6.07, 6.45) is 1.84. The van der Waals surface area contributed by atoms with Gasteiger partial charge in [-0.1, -0.05) is 0 Å². The van der Waals surface area contributed by atoms with Gasteiger partial charge in [-0.25, -0.2) is 4.98 Å². The molecule has 0 aliphatic rings. The third-order valence-electron chi connectivity index (χ3n) is 3.19. The second-order valence-corrected chi connectivity index (χ2v) is 4.27. The fourth-order valence-electron chi connectivity index (χ4n) is 2.12. The molecule has 4 nitrogen and oxygen atoms in total. The molecule has 4 heteroatoms. The molecule has 0 spiro atoms. The predicted molar refractivity (Wildman–Crippen MR) is 77.2 cm³/mol. The molecule has 0 saturated heterocycles. The Bertz CT molecular complexity index is 701. The molecule has 2 aromatic carbocycles. The van der Waals surface area contributed by atoms with E-state index in [4.69, 9.17) is 4.74 Å². The molecule has 0 amide bonds. The first kappa shape index (κ1) is 11.6. The lowest BCUT2D eigenvalue weighted by atomic mass is 10.2. The maximum Gasteiger partial charge on any atom is 0.119 e. The van der Waals surface area contributed by atoms with Crippen molar-refractivity contribution in [3.63, 3.8) is 0 Å². The molecule has 0 bridgehead atoms. The summed E-state index contributed by atoms with van der Waals surface area (Å²) in [6.45, 7) is 0. The van der Waals surface area contributed by atoms with E-state index in [1.807, 2.05) is 49.8 Å². The van der Waals surface area contributed by atoms with Crippen LogP contribution in [0.4, 0.5) is 5.69 Å². The minimum Gasteiger partial charge on any atom is -0.497 e. The Hall–Kier alpha value is -2.49. The molecule has 1 N–H and O–H groups in total. The normalized spacial score (nSPS) is 10.6. The number of benzene rings is 2. The first-order chi connectivity index (χ1) is 9.31. The standard InChI is InChI=1S/C15H15N3O/c1-16-11-3-8-15-14(9-11)17-10-18(15)12-4-6-13(19-2)7-5-12/h3-10,16H,1-2H3. The Balaban J connectivity index is 2.09. The summed E-state index contributed by atoms with van der Waals surface area (Å²) >= 11 is 0. The van der Waals surface area contributed by atoms with Crippen molar-refractivity contribution in [2.24, 2.45) is 0 Å². The van der Waals surface area contributed by atoms with Gasteiger partial charge in [0.2, 0.25) is 0 Å². The molecule has 0 unspecified atom stereocenters. The minimum absolute atomic E-state index is 0.852. The fraction of sp³-hybridized carbons (Fsp3) is 0.133. The highest BCUT2D eigenvalue weighted by Crippen LogP contribution is 2.22. The third kappa shape index (κ3) is 2.01. The van der Waals surface area contributed by atoms with Crippen LogP contribution in [-0.4, -0.2) is 23.7 Å². The van der Waals surface area contributed by atoms with Crippen molar-refractivity contribution in [3.8, 4) is 11.4 Å². The van der Waals surface area contributed by atoms with E-state index in [0.29, 0.717) is 0 Å². The Morgan fingerprint density at radius 1 is 1.11 bits per heavy atom. The summed E-state index contributed by atoms with van der Waals surface area (Å²) < 4.78 is 7.23. The molecule has 3 rings (SSSR count). The Morgan fingerprint density at radius 2 is 1.89 bits per heavy atom. The maximum absolute atomic E-state index is 5.17. The van der Waals surface area contributed by atoms with Gasteiger partial charge in [0.15, 0.2) is 0 Å². The van der Waals surface area contributed by atoms with Crippen LogP contribution in [0, 0.1) is 0 Å². The molecule has 96 valence electrons. The second-order valence-electron chi connectivity index (χ2n) is 4.27. The van der Waals surface area contributed by atoms with Crippen LogP contribution in [0.1, 0.15) is 0 Å². The molecule has 1 heterocycles. The van der Waals surface area contributed by atoms with Gasteiger partial charge in [0.05, 0.1) is 18.1 Å². The largest absolute Gasteiger partial charge is 0.497 e. The summed E-state index contributed by atoms with van der Waals surface area (Å²) in [7, 11) is 3.57. The SMILES string of the molecule is CNc1ccc2c(c1)ncn2-c1ccc(OC)cc1. The highest BCUT2D eigenvalue weighted by Gasteiger charge is 2.05. The van der Waals surface area contributed by atoms with Gasteiger partial charge in [0.1, 0.15) is 12.1 Å². The monoisotopic (exact) mass is 253 g/mol. The van der Waals surface area contributed by atoms with Crippen LogP contribution in [-0.2, 0) is 0 Å². The Labute approximate surface area is 111 Å². The van der Waals surface area contributed by atoms with Crippen LogP contribution in [0.15, 0.2) is 48.8 Å². The molecule has 0 fully saturated rings. The van der Waals surface area contributed by atoms with Crippen molar-refractivity contribution in [1.82, 2.24) is 9.55 Å². The van der Waals surface area contributed by atoms with Crippen molar-refractivity contribution >= 4 is 16.7 Å². The number of fused-ring (bicyclic) bond motifs is 1. The smallest absolute Gasteiger partial charge is 0.119 e. The van der Waals surface area contributed by atoms with Gasteiger partial charge in [0.25, 0.3) is 0 Å². The molecule has 0 aliphatic carbocycles. The van der Waals surface area contributed by atoms with Crippen molar-refractivity contribution in [1.29, 1.82) is 0 Å². The molecule has 19 heavy (non-hydrogen) atoms. The Morgan fingerprint density at radius 3 is 2.58 bits per heavy atom. The predicted octanol–water partition coefficient (Wildman–Crippen LogP) is 3.08. The number of nitrogens with one attached hydrogen (secondary N) is 1. The average molecular weight is 253 g/mol. The number of anilines is 1. The van der Waals surface area contributed by atoms with E-state index in [-0.39, 0.29) is 0 Å². The summed E-state index contributed by atoms with van der Waals surface area (Å²) in [6, 6.07) is 14.1. The zero-order valence-corrected chi connectivity index (χ0v) is 10.9. The number of nitrogens with zero attached hydrogens (tertiary/aromatic N) is 2. The second kappa shape index (κ2) is 4.65. The van der Waals surface area contributed by atoms with Crippen LogP contribution in [0.5, 0.6) is 5.75 Å². The van der Waals surface area contributed by atoms with E-state index in [1.165, 1.54) is 0 Å². The number of imidazole rings is 1. The number of hydrogen-bond acceptors (Lipinski definition) is 3. The van der Waals surface area contributed by atoms with E-state index in [1.54, 1.807) is 7.11 Å². The number of hydrogen-bond donors (Lipinski definition) is 1. The van der Waals surface area contributed by atoms with Crippen molar-refractivity contribution in [2.45, 2.75) is 0 Å². The maximum atomic E-state index is 5.17. The van der Waals surface area contributed by atoms with Gasteiger partial charge in [-0.15, -0.1) is 0 Å². The molecule has 0 aliphatic heterocycles. The summed E-state index contributed by atoms with van der Waals surface area (Å²) in [5.74, 6) is 0.852. The van der Waals surface area contributed by atoms with Gasteiger partial charge >= 0.3 is 0 Å². The van der Waals surface area contributed by atoms with E-state index < -0.39 is 0 Å². The lowest BCUT2D eigenvalue weighted by Gasteiger charge is -2.06. The molecule has 0 saturated carbocycles. The van der Waals surface area contributed by atoms with Crippen molar-refractivity contribution in [3.05, 3.63) is 48.8 Å². The summed E-state index contributed by atoms with van der Waals surface area (Å²) in [4.78, 5) is 4.44. The first-order valence-electron chi connectivity index (χ1n) is 6.11. The zero-order valence-electron chi connectivity index (χ0n) is 10.9. The van der Waals surface area contributed by atoms with Crippen LogP contribution in [0.2, 0.25) is 0 Å². The van der Waals surface area contributed by atoms with Gasteiger partial charge in [-0.05, 0) is 42.5 Å². The van der Waals surface area contributed by atoms with E-state index in [2.05, 4.69) is 20.9 Å². The molecule has 1 aromatic heterocycles. The number of methoxy groups -OCH3 is 1. The molecule has 0 atom stereocenters. The topological polar surface area (TPSA) is 39.1 Å². The molecule has 3 aromatic rings. The van der Waals surface area contributed by atoms with Crippen LogP contribution >= 0.6 is 0 Å². The lowest BCUT2D eigenvalue weighted by molar-refractivity contribution is 0.415. The average Bonchev–Trinajstić information content (AvgIpc) is 2.90. The number of ether oxygens (including phenoxy) is 1. The lowest BCUT2D eigenvalue weighted by Crippen LogP contribution is -1.92. The van der Waals surface area contributed by atoms with Crippen molar-refractivity contribution in [2.75, 3.05) is 19.5 Å². The summed E-state index contributed by atoms with van der Waals surface area (Å²) in [5.41, 5.74) is 4.19. The van der Waals surface area contributed by atoms with E-state index in [9.17, 15) is 0 Å². The van der Waals surface area contributed by atoms with E-state index >= 15 is 0 Å². The van der Waals surface area contributed by atoms with Gasteiger partial charge in [0, 0.05) is 18.4 Å². The van der Waals surface area contributed by atoms with Crippen LogP contribution in [0.3, 0.4) is 0 Å². The van der Waals surface area contributed by atoms with Crippen molar-refractivity contribution < 1.29 is 4.74 Å². The van der Waals surface area contributed by atoms with Gasteiger partial charge < -0.3 is 10.1 Å². The van der Waals surface area contributed by atoms with Crippen LogP contribution in [0.25, 0.3) is 16.7 Å². The summed E-state index contributed by atoms with van der Waals surface area (Å²) in [5, 5.41) is 3.12. The van der Waals surface area contributed by atoms with Gasteiger partial charge in [-0.2, -0.15) is 0 Å². The van der Waals surface area contributed by atoms with E-state index in [0.717, 1.165) is 28.2 Å². The van der Waals surface area contributed by atoms with Crippen LogP contribution < -0.4 is 10.1 Å². The molecule has 0 radical (unpaired) electrons. The Kier molecular flexibility index (Phi) is 2.83. The zero-order chi connectivity index (χ0) is 13.2. The quantitative estimate of drug-likeness (QED) is 0.779. The minimum atomic E-state index is 0.852. The highest BCUT2D eigenvalue weighted by molar-refractivity contribution is 5.81. The number of rotatable bonds is 3. The third-order valence-corrected chi connectivity index (χ3v) is 3.19. The first-order valence-corrected chi connectivity index (χ1v) is 6.11. The molecular formula is C15H15N3O.